The molecule has 0 radical (unpaired) electrons. The standard InChI is InChI=1S/C13H14F2O2S/c1-18-11-5-8(14)4-10(13(11)15)9(6-12(16)17)7-2-3-7/h4-5,7,9H,2-3,6H2,1H3,(H,16,17). The molecule has 2 nitrogen and oxygen atoms in total. The first-order valence-electron chi connectivity index (χ1n) is 5.77. The van der Waals surface area contributed by atoms with E-state index in [0.717, 1.165) is 36.7 Å². The summed E-state index contributed by atoms with van der Waals surface area (Å²) in [6, 6.07) is 2.29. The smallest absolute Gasteiger partial charge is 0.303 e. The molecule has 1 atom stereocenters. The summed E-state index contributed by atoms with van der Waals surface area (Å²) < 4.78 is 27.6. The highest BCUT2D eigenvalue weighted by Crippen LogP contribution is 2.46. The first-order chi connectivity index (χ1) is 8.52. The predicted molar refractivity (Wildman–Crippen MR) is 65.9 cm³/mol. The lowest BCUT2D eigenvalue weighted by Crippen LogP contribution is -2.11. The van der Waals surface area contributed by atoms with E-state index in [1.165, 1.54) is 0 Å². The number of halogens is 2. The van der Waals surface area contributed by atoms with E-state index < -0.39 is 23.5 Å². The summed E-state index contributed by atoms with van der Waals surface area (Å²) >= 11 is 1.13. The van der Waals surface area contributed by atoms with Gasteiger partial charge in [0.1, 0.15) is 11.6 Å². The minimum atomic E-state index is -0.971. The molecule has 1 aliphatic carbocycles. The van der Waals surface area contributed by atoms with Gasteiger partial charge in [0, 0.05) is 10.8 Å². The Bertz CT molecular complexity index is 472. The van der Waals surface area contributed by atoms with Gasteiger partial charge >= 0.3 is 5.97 Å². The van der Waals surface area contributed by atoms with Crippen molar-refractivity contribution in [3.63, 3.8) is 0 Å². The fraction of sp³-hybridized carbons (Fsp3) is 0.462. The molecule has 98 valence electrons. The highest BCUT2D eigenvalue weighted by molar-refractivity contribution is 7.98. The van der Waals surface area contributed by atoms with Gasteiger partial charge in [0.2, 0.25) is 0 Å². The Kier molecular flexibility index (Phi) is 3.90. The Hall–Kier alpha value is -1.10. The Labute approximate surface area is 108 Å². The maximum absolute atomic E-state index is 14.2. The summed E-state index contributed by atoms with van der Waals surface area (Å²) in [5.74, 6) is -2.19. The van der Waals surface area contributed by atoms with Crippen LogP contribution in [0.25, 0.3) is 0 Å². The lowest BCUT2D eigenvalue weighted by atomic mass is 9.90. The van der Waals surface area contributed by atoms with Gasteiger partial charge in [0.05, 0.1) is 6.42 Å². The SMILES string of the molecule is CSc1cc(F)cc(C(CC(=O)O)C2CC2)c1F. The number of thioether (sulfide) groups is 1. The lowest BCUT2D eigenvalue weighted by Gasteiger charge is -2.17. The summed E-state index contributed by atoms with van der Waals surface area (Å²) in [7, 11) is 0. The Morgan fingerprint density at radius 2 is 2.17 bits per heavy atom. The largest absolute Gasteiger partial charge is 0.481 e. The van der Waals surface area contributed by atoms with Crippen molar-refractivity contribution in [1.82, 2.24) is 0 Å². The fourth-order valence-electron chi connectivity index (χ4n) is 2.22. The van der Waals surface area contributed by atoms with Crippen LogP contribution in [0.5, 0.6) is 0 Å². The number of carbonyl (C=O) groups is 1. The molecule has 1 saturated carbocycles. The zero-order valence-electron chi connectivity index (χ0n) is 9.95. The normalized spacial score (nSPS) is 16.6. The minimum Gasteiger partial charge on any atom is -0.481 e. The fourth-order valence-corrected chi connectivity index (χ4v) is 2.75. The highest BCUT2D eigenvalue weighted by atomic mass is 32.2. The average molecular weight is 272 g/mol. The van der Waals surface area contributed by atoms with Crippen molar-refractivity contribution < 1.29 is 18.7 Å². The van der Waals surface area contributed by atoms with Crippen LogP contribution in [0.2, 0.25) is 0 Å². The molecule has 1 aromatic carbocycles. The maximum Gasteiger partial charge on any atom is 0.303 e. The molecular formula is C13H14F2O2S. The van der Waals surface area contributed by atoms with Gasteiger partial charge in [-0.25, -0.2) is 8.78 Å². The molecule has 1 N–H and O–H groups in total. The van der Waals surface area contributed by atoms with Crippen LogP contribution in [0.3, 0.4) is 0 Å². The predicted octanol–water partition coefficient (Wildman–Crippen LogP) is 3.66. The quantitative estimate of drug-likeness (QED) is 0.831. The molecule has 2 rings (SSSR count). The molecule has 0 heterocycles. The molecule has 0 aliphatic heterocycles. The number of rotatable bonds is 5. The molecular weight excluding hydrogens is 258 g/mol. The number of aliphatic carboxylic acids is 1. The minimum absolute atomic E-state index is 0.140. The van der Waals surface area contributed by atoms with E-state index in [2.05, 4.69) is 0 Å². The third-order valence-corrected chi connectivity index (χ3v) is 3.97. The number of carboxylic acid groups (broad SMARTS) is 1. The molecule has 18 heavy (non-hydrogen) atoms. The third kappa shape index (κ3) is 2.83. The molecule has 0 bridgehead atoms. The molecule has 0 saturated heterocycles. The average Bonchev–Trinajstić information content (AvgIpc) is 3.12. The molecule has 1 aromatic rings. The van der Waals surface area contributed by atoms with Crippen LogP contribution in [0.4, 0.5) is 8.78 Å². The number of hydrogen-bond donors (Lipinski definition) is 1. The summed E-state index contributed by atoms with van der Waals surface area (Å²) in [6.45, 7) is 0. The topological polar surface area (TPSA) is 37.3 Å². The van der Waals surface area contributed by atoms with E-state index >= 15 is 0 Å². The Balaban J connectivity index is 2.40. The maximum atomic E-state index is 14.2. The van der Waals surface area contributed by atoms with Crippen molar-refractivity contribution in [3.8, 4) is 0 Å². The lowest BCUT2D eigenvalue weighted by molar-refractivity contribution is -0.137. The third-order valence-electron chi connectivity index (χ3n) is 3.24. The van der Waals surface area contributed by atoms with E-state index in [-0.39, 0.29) is 22.8 Å². The second-order valence-corrected chi connectivity index (χ2v) is 5.40. The zero-order chi connectivity index (χ0) is 13.3. The van der Waals surface area contributed by atoms with Crippen LogP contribution in [-0.2, 0) is 4.79 Å². The van der Waals surface area contributed by atoms with Crippen LogP contribution in [0.15, 0.2) is 17.0 Å². The van der Waals surface area contributed by atoms with Crippen LogP contribution < -0.4 is 0 Å². The molecule has 1 aliphatic rings. The van der Waals surface area contributed by atoms with Gasteiger partial charge in [-0.15, -0.1) is 11.8 Å². The van der Waals surface area contributed by atoms with Crippen molar-refractivity contribution in [1.29, 1.82) is 0 Å². The van der Waals surface area contributed by atoms with Gasteiger partial charge in [0.15, 0.2) is 0 Å². The van der Waals surface area contributed by atoms with Crippen LogP contribution in [-0.4, -0.2) is 17.3 Å². The molecule has 0 spiro atoms. The molecule has 5 heteroatoms. The van der Waals surface area contributed by atoms with Crippen molar-refractivity contribution in [2.45, 2.75) is 30.1 Å². The number of hydrogen-bond acceptors (Lipinski definition) is 2. The second-order valence-electron chi connectivity index (χ2n) is 4.55. The zero-order valence-corrected chi connectivity index (χ0v) is 10.8. The van der Waals surface area contributed by atoms with Crippen molar-refractivity contribution >= 4 is 17.7 Å². The van der Waals surface area contributed by atoms with Crippen molar-refractivity contribution in [3.05, 3.63) is 29.3 Å². The van der Waals surface area contributed by atoms with Crippen LogP contribution >= 0.6 is 11.8 Å². The summed E-state index contributed by atoms with van der Waals surface area (Å²) in [5.41, 5.74) is 0.212. The van der Waals surface area contributed by atoms with Gasteiger partial charge < -0.3 is 5.11 Å². The van der Waals surface area contributed by atoms with Crippen LogP contribution in [0.1, 0.15) is 30.7 Å². The summed E-state index contributed by atoms with van der Waals surface area (Å²) in [6.07, 6.45) is 3.31. The van der Waals surface area contributed by atoms with Crippen molar-refractivity contribution in [2.24, 2.45) is 5.92 Å². The monoisotopic (exact) mass is 272 g/mol. The summed E-state index contributed by atoms with van der Waals surface area (Å²) in [5, 5.41) is 8.89. The number of carboxylic acids is 1. The van der Waals surface area contributed by atoms with E-state index in [0.29, 0.717) is 0 Å². The number of benzene rings is 1. The van der Waals surface area contributed by atoms with Gasteiger partial charge in [0.25, 0.3) is 0 Å². The van der Waals surface area contributed by atoms with Gasteiger partial charge in [-0.3, -0.25) is 4.79 Å². The van der Waals surface area contributed by atoms with E-state index in [9.17, 15) is 13.6 Å². The second kappa shape index (κ2) is 5.26. The molecule has 1 unspecified atom stereocenters. The molecule has 0 aromatic heterocycles. The van der Waals surface area contributed by atoms with Gasteiger partial charge in [-0.1, -0.05) is 0 Å². The van der Waals surface area contributed by atoms with Gasteiger partial charge in [-0.2, -0.15) is 0 Å². The van der Waals surface area contributed by atoms with E-state index in [1.54, 1.807) is 6.26 Å². The van der Waals surface area contributed by atoms with Crippen molar-refractivity contribution in [2.75, 3.05) is 6.26 Å². The summed E-state index contributed by atoms with van der Waals surface area (Å²) in [4.78, 5) is 11.1. The van der Waals surface area contributed by atoms with E-state index in [1.807, 2.05) is 0 Å². The Morgan fingerprint density at radius 1 is 1.50 bits per heavy atom. The molecule has 0 amide bonds. The Morgan fingerprint density at radius 3 is 2.67 bits per heavy atom. The molecule has 1 fully saturated rings. The first-order valence-corrected chi connectivity index (χ1v) is 7.00. The van der Waals surface area contributed by atoms with Crippen LogP contribution in [0, 0.1) is 17.6 Å². The van der Waals surface area contributed by atoms with E-state index in [4.69, 9.17) is 5.11 Å². The first kappa shape index (κ1) is 13.3. The van der Waals surface area contributed by atoms with Gasteiger partial charge in [-0.05, 0) is 42.7 Å². The highest BCUT2D eigenvalue weighted by Gasteiger charge is 2.36.